The molecule has 22 heavy (non-hydrogen) atoms. The second kappa shape index (κ2) is 5.73. The van der Waals surface area contributed by atoms with Gasteiger partial charge >= 0.3 is 0 Å². The number of pyridine rings is 1. The van der Waals surface area contributed by atoms with E-state index in [1.54, 1.807) is 49.6 Å². The number of aliphatic imine (C=N–C) groups is 1. The van der Waals surface area contributed by atoms with Crippen LogP contribution >= 0.6 is 0 Å². The maximum atomic E-state index is 11.8. The predicted molar refractivity (Wildman–Crippen MR) is 86.5 cm³/mol. The summed E-state index contributed by atoms with van der Waals surface area (Å²) in [4.78, 5) is 18.6. The number of aromatic amines is 1. The highest BCUT2D eigenvalue weighted by Gasteiger charge is 2.08. The van der Waals surface area contributed by atoms with E-state index in [0.29, 0.717) is 16.3 Å². The molecule has 0 atom stereocenters. The second-order valence-electron chi connectivity index (χ2n) is 4.72. The number of fused-ring (bicyclic) bond motifs is 1. The zero-order chi connectivity index (χ0) is 15.5. The molecule has 2 N–H and O–H groups in total. The summed E-state index contributed by atoms with van der Waals surface area (Å²) in [6, 6.07) is 14.3. The number of nitrogens with zero attached hydrogens (tertiary/aromatic N) is 1. The summed E-state index contributed by atoms with van der Waals surface area (Å²) in [6.45, 7) is 0. The first kappa shape index (κ1) is 13.9. The Hall–Kier alpha value is -3.08. The second-order valence-corrected chi connectivity index (χ2v) is 4.72. The van der Waals surface area contributed by atoms with Crippen LogP contribution in [0, 0.1) is 0 Å². The quantitative estimate of drug-likeness (QED) is 0.729. The van der Waals surface area contributed by atoms with Gasteiger partial charge in [-0.15, -0.1) is 0 Å². The number of ether oxygens (including phenoxy) is 1. The van der Waals surface area contributed by atoms with Gasteiger partial charge in [-0.3, -0.25) is 14.8 Å². The van der Waals surface area contributed by atoms with Crippen molar-refractivity contribution in [1.29, 1.82) is 0 Å². The minimum absolute atomic E-state index is 0.194. The van der Waals surface area contributed by atoms with Crippen LogP contribution in [0.25, 0.3) is 10.8 Å². The van der Waals surface area contributed by atoms with Crippen LogP contribution in [0.15, 0.2) is 58.3 Å². The molecule has 3 rings (SSSR count). The molecule has 0 saturated heterocycles. The molecule has 5 heteroatoms. The Morgan fingerprint density at radius 2 is 1.77 bits per heavy atom. The lowest BCUT2D eigenvalue weighted by molar-refractivity contribution is 0.415. The van der Waals surface area contributed by atoms with Crippen LogP contribution in [0.2, 0.25) is 0 Å². The van der Waals surface area contributed by atoms with Crippen molar-refractivity contribution in [2.75, 3.05) is 7.11 Å². The molecule has 3 aromatic rings. The Kier molecular flexibility index (Phi) is 3.62. The molecule has 0 saturated carbocycles. The van der Waals surface area contributed by atoms with Crippen molar-refractivity contribution in [1.82, 2.24) is 4.98 Å². The summed E-state index contributed by atoms with van der Waals surface area (Å²) >= 11 is 0. The molecular formula is C17H14N2O3. The number of methoxy groups -OCH3 is 1. The van der Waals surface area contributed by atoms with Crippen LogP contribution in [0.1, 0.15) is 5.56 Å². The maximum Gasteiger partial charge on any atom is 0.258 e. The molecule has 0 amide bonds. The Labute approximate surface area is 126 Å². The lowest BCUT2D eigenvalue weighted by Gasteiger charge is -2.04. The van der Waals surface area contributed by atoms with Gasteiger partial charge in [-0.25, -0.2) is 0 Å². The van der Waals surface area contributed by atoms with Gasteiger partial charge in [-0.05, 0) is 30.3 Å². The van der Waals surface area contributed by atoms with Crippen LogP contribution in [0.3, 0.4) is 0 Å². The normalized spacial score (nSPS) is 11.1. The van der Waals surface area contributed by atoms with E-state index in [9.17, 15) is 9.90 Å². The number of H-pyrrole nitrogens is 1. The van der Waals surface area contributed by atoms with E-state index >= 15 is 0 Å². The summed E-state index contributed by atoms with van der Waals surface area (Å²) in [5.74, 6) is 0.553. The smallest absolute Gasteiger partial charge is 0.258 e. The first-order chi connectivity index (χ1) is 10.7. The largest absolute Gasteiger partial charge is 0.497 e. The molecule has 5 nitrogen and oxygen atoms in total. The van der Waals surface area contributed by atoms with Crippen LogP contribution in [0.4, 0.5) is 5.69 Å². The third kappa shape index (κ3) is 2.56. The third-order valence-corrected chi connectivity index (χ3v) is 3.36. The van der Waals surface area contributed by atoms with Crippen molar-refractivity contribution < 1.29 is 9.84 Å². The van der Waals surface area contributed by atoms with Crippen molar-refractivity contribution in [3.8, 4) is 11.6 Å². The summed E-state index contributed by atoms with van der Waals surface area (Å²) in [5.41, 5.74) is 0.871. The number of aromatic nitrogens is 1. The average molecular weight is 294 g/mol. The minimum Gasteiger partial charge on any atom is -0.497 e. The van der Waals surface area contributed by atoms with Gasteiger partial charge in [-0.1, -0.05) is 18.2 Å². The summed E-state index contributed by atoms with van der Waals surface area (Å²) in [7, 11) is 1.60. The molecule has 0 aliphatic rings. The monoisotopic (exact) mass is 294 g/mol. The highest BCUT2D eigenvalue weighted by Crippen LogP contribution is 2.22. The molecule has 0 fully saturated rings. The van der Waals surface area contributed by atoms with Gasteiger partial charge in [0.2, 0.25) is 5.88 Å². The molecule has 1 aromatic heterocycles. The first-order valence-electron chi connectivity index (χ1n) is 6.71. The van der Waals surface area contributed by atoms with Crippen molar-refractivity contribution in [2.45, 2.75) is 0 Å². The molecule has 0 bridgehead atoms. The van der Waals surface area contributed by atoms with Crippen LogP contribution in [-0.4, -0.2) is 23.4 Å². The number of rotatable bonds is 3. The number of benzene rings is 2. The average Bonchev–Trinajstić information content (AvgIpc) is 2.55. The summed E-state index contributed by atoms with van der Waals surface area (Å²) < 4.78 is 5.09. The van der Waals surface area contributed by atoms with Gasteiger partial charge < -0.3 is 9.84 Å². The fraction of sp³-hybridized carbons (Fsp3) is 0.0588. The Morgan fingerprint density at radius 3 is 2.45 bits per heavy atom. The predicted octanol–water partition coefficient (Wildman–Crippen LogP) is 2.99. The molecule has 1 heterocycles. The lowest BCUT2D eigenvalue weighted by Crippen LogP contribution is -2.07. The standard InChI is InChI=1S/C17H14N2O3/c1-22-12-8-6-11(7-9-12)18-10-15-13-4-2-3-5-14(13)16(20)19-17(15)21/h2-10H,1H3,(H2,19,20,21). The van der Waals surface area contributed by atoms with Crippen molar-refractivity contribution in [2.24, 2.45) is 4.99 Å². The third-order valence-electron chi connectivity index (χ3n) is 3.36. The molecule has 110 valence electrons. The van der Waals surface area contributed by atoms with Gasteiger partial charge in [-0.2, -0.15) is 0 Å². The van der Waals surface area contributed by atoms with Crippen LogP contribution in [-0.2, 0) is 0 Å². The van der Waals surface area contributed by atoms with E-state index in [1.165, 1.54) is 6.21 Å². The van der Waals surface area contributed by atoms with Crippen LogP contribution < -0.4 is 10.3 Å². The zero-order valence-corrected chi connectivity index (χ0v) is 11.9. The molecule has 0 aliphatic carbocycles. The van der Waals surface area contributed by atoms with Crippen molar-refractivity contribution in [3.05, 3.63) is 64.4 Å². The fourth-order valence-corrected chi connectivity index (χ4v) is 2.22. The molecular weight excluding hydrogens is 280 g/mol. The number of hydrogen-bond donors (Lipinski definition) is 2. The fourth-order valence-electron chi connectivity index (χ4n) is 2.22. The lowest BCUT2D eigenvalue weighted by atomic mass is 10.1. The Morgan fingerprint density at radius 1 is 1.09 bits per heavy atom. The Balaban J connectivity index is 2.06. The molecule has 0 aliphatic heterocycles. The Bertz CT molecular complexity index is 896. The van der Waals surface area contributed by atoms with E-state index in [1.807, 2.05) is 6.07 Å². The van der Waals surface area contributed by atoms with Gasteiger partial charge in [0.15, 0.2) is 0 Å². The van der Waals surface area contributed by atoms with E-state index in [4.69, 9.17) is 4.74 Å². The topological polar surface area (TPSA) is 74.7 Å². The number of nitrogens with one attached hydrogen (secondary N) is 1. The molecule has 2 aromatic carbocycles. The van der Waals surface area contributed by atoms with Crippen molar-refractivity contribution >= 4 is 22.7 Å². The highest BCUT2D eigenvalue weighted by molar-refractivity contribution is 6.01. The highest BCUT2D eigenvalue weighted by atomic mass is 16.5. The number of aromatic hydroxyl groups is 1. The summed E-state index contributed by atoms with van der Waals surface area (Å²) in [6.07, 6.45) is 1.54. The SMILES string of the molecule is COc1ccc(N=Cc2c(O)[nH]c(=O)c3ccccc23)cc1. The first-order valence-corrected chi connectivity index (χ1v) is 6.71. The summed E-state index contributed by atoms with van der Waals surface area (Å²) in [5, 5.41) is 11.1. The molecule has 0 radical (unpaired) electrons. The van der Waals surface area contributed by atoms with E-state index in [-0.39, 0.29) is 11.4 Å². The van der Waals surface area contributed by atoms with Gasteiger partial charge in [0.1, 0.15) is 5.75 Å². The van der Waals surface area contributed by atoms with Crippen LogP contribution in [0.5, 0.6) is 11.6 Å². The minimum atomic E-state index is -0.324. The molecule has 0 spiro atoms. The van der Waals surface area contributed by atoms with E-state index < -0.39 is 0 Å². The van der Waals surface area contributed by atoms with Gasteiger partial charge in [0.25, 0.3) is 5.56 Å². The van der Waals surface area contributed by atoms with Gasteiger partial charge in [0.05, 0.1) is 18.4 Å². The number of hydrogen-bond acceptors (Lipinski definition) is 4. The van der Waals surface area contributed by atoms with E-state index in [0.717, 1.165) is 11.4 Å². The maximum absolute atomic E-state index is 11.8. The zero-order valence-electron chi connectivity index (χ0n) is 11.9. The molecule has 0 unspecified atom stereocenters. The van der Waals surface area contributed by atoms with Crippen molar-refractivity contribution in [3.63, 3.8) is 0 Å². The van der Waals surface area contributed by atoms with E-state index in [2.05, 4.69) is 9.98 Å². The van der Waals surface area contributed by atoms with Gasteiger partial charge in [0, 0.05) is 17.0 Å².